The number of halogens is 1. The van der Waals surface area contributed by atoms with Crippen LogP contribution in [-0.4, -0.2) is 55.4 Å². The number of rotatable bonds is 7. The highest BCUT2D eigenvalue weighted by atomic mass is 19.1. The van der Waals surface area contributed by atoms with E-state index in [1.54, 1.807) is 18.2 Å². The van der Waals surface area contributed by atoms with Gasteiger partial charge in [-0.1, -0.05) is 6.07 Å². The zero-order valence-corrected chi connectivity index (χ0v) is 19.1. The Hall–Kier alpha value is -4.45. The molecule has 1 fully saturated rings. The highest BCUT2D eigenvalue weighted by Gasteiger charge is 2.53. The van der Waals surface area contributed by atoms with Crippen molar-refractivity contribution in [1.29, 1.82) is 0 Å². The first-order chi connectivity index (χ1) is 17.3. The zero-order chi connectivity index (χ0) is 25.6. The molecule has 1 atom stereocenters. The summed E-state index contributed by atoms with van der Waals surface area (Å²) in [5, 5.41) is 7.59. The molecule has 1 aromatic heterocycles. The van der Waals surface area contributed by atoms with Gasteiger partial charge in [0, 0.05) is 36.7 Å². The first kappa shape index (κ1) is 23.3. The van der Waals surface area contributed by atoms with Gasteiger partial charge in [0.25, 0.3) is 17.7 Å². The molecule has 5 amide bonds. The Balaban J connectivity index is 1.52. The summed E-state index contributed by atoms with van der Waals surface area (Å²) >= 11 is 0. The van der Waals surface area contributed by atoms with Gasteiger partial charge in [-0.05, 0) is 29.8 Å². The lowest BCUT2D eigenvalue weighted by atomic mass is 9.95. The summed E-state index contributed by atoms with van der Waals surface area (Å²) in [4.78, 5) is 52.1. The first-order valence-electron chi connectivity index (χ1n) is 11.1. The van der Waals surface area contributed by atoms with Gasteiger partial charge in [-0.25, -0.2) is 9.18 Å². The lowest BCUT2D eigenvalue weighted by Crippen LogP contribution is -2.52. The van der Waals surface area contributed by atoms with Crippen molar-refractivity contribution < 1.29 is 32.7 Å². The normalized spacial score (nSPS) is 18.9. The van der Waals surface area contributed by atoms with Crippen LogP contribution in [0.2, 0.25) is 0 Å². The maximum absolute atomic E-state index is 14.6. The number of nitrogens with one attached hydrogen (secondary N) is 3. The number of furan rings is 1. The lowest BCUT2D eigenvalue weighted by molar-refractivity contribution is -0.125. The van der Waals surface area contributed by atoms with Crippen LogP contribution in [0.1, 0.15) is 32.0 Å². The molecule has 0 aliphatic carbocycles. The largest absolute Gasteiger partial charge is 0.497 e. The molecule has 2 aromatic carbocycles. The van der Waals surface area contributed by atoms with Crippen LogP contribution >= 0.6 is 0 Å². The van der Waals surface area contributed by atoms with Crippen LogP contribution in [-0.2, 0) is 16.9 Å². The van der Waals surface area contributed by atoms with Crippen LogP contribution < -0.4 is 26.4 Å². The summed E-state index contributed by atoms with van der Waals surface area (Å²) in [6.45, 7) is 0.310. The van der Waals surface area contributed by atoms with Crippen LogP contribution in [0.15, 0.2) is 40.8 Å². The van der Waals surface area contributed by atoms with Crippen molar-refractivity contribution in [2.24, 2.45) is 5.73 Å². The average Bonchev–Trinajstić information content (AvgIpc) is 3.50. The summed E-state index contributed by atoms with van der Waals surface area (Å²) in [5.41, 5.74) is 4.62. The number of hydrogen-bond acceptors (Lipinski definition) is 7. The average molecular weight is 495 g/mol. The number of urea groups is 1. The van der Waals surface area contributed by atoms with E-state index in [9.17, 15) is 23.6 Å². The third-order valence-electron chi connectivity index (χ3n) is 6.27. The van der Waals surface area contributed by atoms with Crippen molar-refractivity contribution in [2.75, 3.05) is 26.7 Å². The minimum atomic E-state index is -1.77. The maximum Gasteiger partial charge on any atom is 0.322 e. The van der Waals surface area contributed by atoms with Crippen molar-refractivity contribution in [1.82, 2.24) is 20.9 Å². The topological polar surface area (TPSA) is 156 Å². The molecular formula is C24H22FN5O6. The van der Waals surface area contributed by atoms with Crippen LogP contribution in [0, 0.1) is 5.82 Å². The molecule has 5 N–H and O–H groups in total. The number of carbonyl (C=O) groups is 4. The second kappa shape index (κ2) is 8.64. The van der Waals surface area contributed by atoms with Gasteiger partial charge in [0.15, 0.2) is 5.54 Å². The van der Waals surface area contributed by atoms with Gasteiger partial charge in [0.2, 0.25) is 0 Å². The van der Waals surface area contributed by atoms with Gasteiger partial charge < -0.3 is 30.4 Å². The number of nitrogens with zero attached hydrogens (tertiary/aromatic N) is 1. The van der Waals surface area contributed by atoms with E-state index in [2.05, 4.69) is 16.0 Å². The molecule has 0 bridgehead atoms. The van der Waals surface area contributed by atoms with Crippen molar-refractivity contribution in [2.45, 2.75) is 12.1 Å². The fourth-order valence-corrected chi connectivity index (χ4v) is 4.46. The Bertz CT molecular complexity index is 1440. The molecule has 3 aromatic rings. The number of benzene rings is 2. The molecule has 5 rings (SSSR count). The van der Waals surface area contributed by atoms with Gasteiger partial charge >= 0.3 is 6.03 Å². The number of imide groups is 1. The summed E-state index contributed by atoms with van der Waals surface area (Å²) < 4.78 is 25.6. The number of carbonyl (C=O) groups excluding carboxylic acids is 4. The fraction of sp³-hybridized carbons (Fsp3) is 0.250. The second-order valence-electron chi connectivity index (χ2n) is 8.52. The molecule has 0 radical (unpaired) electrons. The molecule has 3 heterocycles. The van der Waals surface area contributed by atoms with Gasteiger partial charge in [0.1, 0.15) is 22.9 Å². The third kappa shape index (κ3) is 3.71. The Kier molecular flexibility index (Phi) is 5.59. The standard InChI is InChI=1S/C24H22FN5O6/c1-35-14-3-2-12-10-30(21(32)15(12)8-14)11-24(22(33)28-23(34)29-24)19-7-13-6-16(20(31)27-5-4-26)17(25)9-18(13)36-19/h2-3,6-9H,4-5,10-11,26H2,1H3,(H,27,31)(H2,28,29,33,34)/t24-/m0/s1. The van der Waals surface area contributed by atoms with E-state index in [4.69, 9.17) is 14.9 Å². The van der Waals surface area contributed by atoms with Crippen LogP contribution in [0.4, 0.5) is 9.18 Å². The van der Waals surface area contributed by atoms with Gasteiger partial charge in [-0.3, -0.25) is 19.7 Å². The summed E-state index contributed by atoms with van der Waals surface area (Å²) in [5.74, 6) is -2.06. The molecule has 0 unspecified atom stereocenters. The highest BCUT2D eigenvalue weighted by molar-refractivity contribution is 6.08. The number of hydrogen-bond donors (Lipinski definition) is 4. The first-order valence-corrected chi connectivity index (χ1v) is 11.1. The number of ether oxygens (including phenoxy) is 1. The highest BCUT2D eigenvalue weighted by Crippen LogP contribution is 2.35. The predicted octanol–water partition coefficient (Wildman–Crippen LogP) is 0.960. The molecule has 36 heavy (non-hydrogen) atoms. The number of nitrogens with two attached hydrogens (primary N) is 1. The minimum Gasteiger partial charge on any atom is -0.497 e. The SMILES string of the molecule is COc1ccc2c(c1)C(=O)N(C[C@@]1(c3cc4cc(C(=O)NCCN)c(F)cc4o3)NC(=O)NC1=O)C2. The van der Waals surface area contributed by atoms with Crippen molar-refractivity contribution in [3.63, 3.8) is 0 Å². The van der Waals surface area contributed by atoms with Crippen molar-refractivity contribution in [3.8, 4) is 5.75 Å². The van der Waals surface area contributed by atoms with Crippen LogP contribution in [0.25, 0.3) is 11.0 Å². The summed E-state index contributed by atoms with van der Waals surface area (Å²) in [6.07, 6.45) is 0. The molecular weight excluding hydrogens is 473 g/mol. The van der Waals surface area contributed by atoms with E-state index in [1.807, 2.05) is 0 Å². The number of fused-ring (bicyclic) bond motifs is 2. The van der Waals surface area contributed by atoms with E-state index in [1.165, 1.54) is 24.1 Å². The zero-order valence-electron chi connectivity index (χ0n) is 19.1. The smallest absolute Gasteiger partial charge is 0.322 e. The lowest BCUT2D eigenvalue weighted by Gasteiger charge is -2.29. The van der Waals surface area contributed by atoms with E-state index in [0.717, 1.165) is 11.6 Å². The third-order valence-corrected chi connectivity index (χ3v) is 6.27. The Morgan fingerprint density at radius 3 is 2.75 bits per heavy atom. The van der Waals surface area contributed by atoms with E-state index >= 15 is 0 Å². The van der Waals surface area contributed by atoms with Gasteiger partial charge in [-0.15, -0.1) is 0 Å². The summed E-state index contributed by atoms with van der Waals surface area (Å²) in [7, 11) is 1.49. The number of methoxy groups -OCH3 is 1. The molecule has 1 saturated heterocycles. The molecule has 2 aliphatic heterocycles. The van der Waals surface area contributed by atoms with Crippen LogP contribution in [0.3, 0.4) is 0 Å². The predicted molar refractivity (Wildman–Crippen MR) is 124 cm³/mol. The quantitative estimate of drug-likeness (QED) is 0.356. The van der Waals surface area contributed by atoms with E-state index < -0.39 is 29.2 Å². The molecule has 0 saturated carbocycles. The van der Waals surface area contributed by atoms with Crippen molar-refractivity contribution >= 4 is 34.7 Å². The summed E-state index contributed by atoms with van der Waals surface area (Å²) in [6, 6.07) is 8.09. The Morgan fingerprint density at radius 2 is 2.06 bits per heavy atom. The molecule has 11 nitrogen and oxygen atoms in total. The molecule has 186 valence electrons. The monoisotopic (exact) mass is 495 g/mol. The van der Waals surface area contributed by atoms with Gasteiger partial charge in [0.05, 0.1) is 19.2 Å². The molecule has 2 aliphatic rings. The molecule has 0 spiro atoms. The second-order valence-corrected chi connectivity index (χ2v) is 8.52. The van der Waals surface area contributed by atoms with E-state index in [-0.39, 0.29) is 49.0 Å². The fourth-order valence-electron chi connectivity index (χ4n) is 4.46. The Morgan fingerprint density at radius 1 is 1.25 bits per heavy atom. The Labute approximate surface area is 203 Å². The van der Waals surface area contributed by atoms with E-state index in [0.29, 0.717) is 16.7 Å². The van der Waals surface area contributed by atoms with Crippen molar-refractivity contribution in [3.05, 3.63) is 64.7 Å². The number of amides is 5. The van der Waals surface area contributed by atoms with Gasteiger partial charge in [-0.2, -0.15) is 0 Å². The maximum atomic E-state index is 14.6. The van der Waals surface area contributed by atoms with Crippen LogP contribution in [0.5, 0.6) is 5.75 Å². The molecule has 12 heteroatoms. The minimum absolute atomic E-state index is 0.0129.